The number of nitrogens with one attached hydrogen (secondary N) is 2. The van der Waals surface area contributed by atoms with Crippen LogP contribution in [-0.2, 0) is 19.5 Å². The van der Waals surface area contributed by atoms with Crippen molar-refractivity contribution in [1.29, 1.82) is 0 Å². The molecular formula is C23H25N5O2. The van der Waals surface area contributed by atoms with Crippen LogP contribution in [0.4, 0.5) is 10.7 Å². The number of benzene rings is 2. The highest BCUT2D eigenvalue weighted by Gasteiger charge is 2.21. The van der Waals surface area contributed by atoms with Crippen molar-refractivity contribution in [3.05, 3.63) is 77.6 Å². The zero-order chi connectivity index (χ0) is 20.8. The Bertz CT molecular complexity index is 1010. The van der Waals surface area contributed by atoms with Crippen molar-refractivity contribution in [3.63, 3.8) is 0 Å². The lowest BCUT2D eigenvalue weighted by Crippen LogP contribution is -2.42. The Labute approximate surface area is 176 Å². The number of aromatic nitrogens is 2. The van der Waals surface area contributed by atoms with Gasteiger partial charge in [-0.3, -0.25) is 0 Å². The molecule has 0 aliphatic carbocycles. The van der Waals surface area contributed by atoms with Crippen LogP contribution in [-0.4, -0.2) is 34.0 Å². The van der Waals surface area contributed by atoms with Crippen LogP contribution in [0.2, 0.25) is 0 Å². The standard InChI is InChI=1S/C23H25N5O2/c1-2-24-23(29)28-12-11-21-18(16-28)15-26-22(27-21)25-14-17-7-6-10-20(13-17)30-19-8-4-3-5-9-19/h3-10,13,15H,2,11-12,14,16H2,1H3,(H,24,29)(H,25,26,27). The summed E-state index contributed by atoms with van der Waals surface area (Å²) in [7, 11) is 0. The van der Waals surface area contributed by atoms with Gasteiger partial charge in [-0.05, 0) is 36.8 Å². The maximum absolute atomic E-state index is 12.0. The summed E-state index contributed by atoms with van der Waals surface area (Å²) in [5, 5.41) is 6.12. The zero-order valence-corrected chi connectivity index (χ0v) is 17.0. The SMILES string of the molecule is CCNC(=O)N1CCc2nc(NCc3cccc(Oc4ccccc4)c3)ncc2C1. The molecular weight excluding hydrogens is 378 g/mol. The number of carbonyl (C=O) groups excluding carboxylic acids is 1. The molecule has 2 aromatic carbocycles. The van der Waals surface area contributed by atoms with E-state index in [1.54, 1.807) is 4.90 Å². The summed E-state index contributed by atoms with van der Waals surface area (Å²) in [4.78, 5) is 22.9. The number of hydrogen-bond acceptors (Lipinski definition) is 5. The van der Waals surface area contributed by atoms with Gasteiger partial charge in [0.05, 0.1) is 12.2 Å². The predicted molar refractivity (Wildman–Crippen MR) is 116 cm³/mol. The van der Waals surface area contributed by atoms with Gasteiger partial charge in [0.15, 0.2) is 0 Å². The number of ether oxygens (including phenoxy) is 1. The fourth-order valence-electron chi connectivity index (χ4n) is 3.36. The smallest absolute Gasteiger partial charge is 0.317 e. The molecule has 0 spiro atoms. The number of amides is 2. The number of carbonyl (C=O) groups is 1. The predicted octanol–water partition coefficient (Wildman–Crippen LogP) is 3.97. The van der Waals surface area contributed by atoms with Crippen LogP contribution >= 0.6 is 0 Å². The molecule has 7 heteroatoms. The largest absolute Gasteiger partial charge is 0.457 e. The van der Waals surface area contributed by atoms with Crippen molar-refractivity contribution in [2.24, 2.45) is 0 Å². The fraction of sp³-hybridized carbons (Fsp3) is 0.261. The minimum absolute atomic E-state index is 0.0389. The van der Waals surface area contributed by atoms with E-state index >= 15 is 0 Å². The van der Waals surface area contributed by atoms with E-state index in [2.05, 4.69) is 20.6 Å². The van der Waals surface area contributed by atoms with Crippen LogP contribution < -0.4 is 15.4 Å². The van der Waals surface area contributed by atoms with E-state index in [4.69, 9.17) is 4.74 Å². The topological polar surface area (TPSA) is 79.4 Å². The summed E-state index contributed by atoms with van der Waals surface area (Å²) < 4.78 is 5.90. The fourth-order valence-corrected chi connectivity index (χ4v) is 3.36. The molecule has 0 atom stereocenters. The molecule has 2 N–H and O–H groups in total. The van der Waals surface area contributed by atoms with Crippen LogP contribution in [0.25, 0.3) is 0 Å². The van der Waals surface area contributed by atoms with Gasteiger partial charge < -0.3 is 20.3 Å². The Kier molecular flexibility index (Phi) is 6.08. The number of hydrogen-bond donors (Lipinski definition) is 2. The molecule has 0 unspecified atom stereocenters. The quantitative estimate of drug-likeness (QED) is 0.651. The minimum atomic E-state index is -0.0389. The summed E-state index contributed by atoms with van der Waals surface area (Å²) in [6, 6.07) is 17.6. The highest BCUT2D eigenvalue weighted by molar-refractivity contribution is 5.74. The number of nitrogens with zero attached hydrogens (tertiary/aromatic N) is 3. The van der Waals surface area contributed by atoms with Crippen molar-refractivity contribution in [2.75, 3.05) is 18.4 Å². The van der Waals surface area contributed by atoms with Crippen LogP contribution in [0.1, 0.15) is 23.7 Å². The van der Waals surface area contributed by atoms with Gasteiger partial charge in [0.25, 0.3) is 0 Å². The molecule has 1 aliphatic rings. The van der Waals surface area contributed by atoms with Gasteiger partial charge in [-0.15, -0.1) is 0 Å². The second-order valence-electron chi connectivity index (χ2n) is 7.09. The molecule has 0 saturated heterocycles. The lowest BCUT2D eigenvalue weighted by atomic mass is 10.1. The highest BCUT2D eigenvalue weighted by Crippen LogP contribution is 2.22. The van der Waals surface area contributed by atoms with Gasteiger partial charge in [-0.25, -0.2) is 14.8 Å². The lowest BCUT2D eigenvalue weighted by molar-refractivity contribution is 0.192. The van der Waals surface area contributed by atoms with Crippen LogP contribution in [0.5, 0.6) is 11.5 Å². The monoisotopic (exact) mass is 403 g/mol. The average Bonchev–Trinajstić information content (AvgIpc) is 2.78. The van der Waals surface area contributed by atoms with E-state index in [1.807, 2.05) is 67.7 Å². The van der Waals surface area contributed by atoms with Gasteiger partial charge in [-0.1, -0.05) is 30.3 Å². The second kappa shape index (κ2) is 9.26. The lowest BCUT2D eigenvalue weighted by Gasteiger charge is -2.28. The van der Waals surface area contributed by atoms with Crippen LogP contribution in [0.15, 0.2) is 60.8 Å². The molecule has 2 amide bonds. The molecule has 0 saturated carbocycles. The Morgan fingerprint density at radius 1 is 1.13 bits per heavy atom. The summed E-state index contributed by atoms with van der Waals surface area (Å²) in [5.74, 6) is 2.19. The van der Waals surface area contributed by atoms with E-state index in [0.29, 0.717) is 32.1 Å². The number of fused-ring (bicyclic) bond motifs is 1. The molecule has 4 rings (SSSR count). The second-order valence-corrected chi connectivity index (χ2v) is 7.09. The summed E-state index contributed by atoms with van der Waals surface area (Å²) >= 11 is 0. The number of rotatable bonds is 6. The normalized spacial score (nSPS) is 12.8. The third-order valence-electron chi connectivity index (χ3n) is 4.88. The first kappa shape index (κ1) is 19.7. The summed E-state index contributed by atoms with van der Waals surface area (Å²) in [5.41, 5.74) is 3.07. The molecule has 154 valence electrons. The van der Waals surface area contributed by atoms with Gasteiger partial charge in [0, 0.05) is 37.8 Å². The van der Waals surface area contributed by atoms with Crippen LogP contribution in [0.3, 0.4) is 0 Å². The van der Waals surface area contributed by atoms with Crippen molar-refractivity contribution in [3.8, 4) is 11.5 Å². The van der Waals surface area contributed by atoms with Crippen molar-refractivity contribution in [2.45, 2.75) is 26.4 Å². The van der Waals surface area contributed by atoms with Gasteiger partial charge in [0.1, 0.15) is 11.5 Å². The summed E-state index contributed by atoms with van der Waals surface area (Å²) in [6.07, 6.45) is 2.54. The van der Waals surface area contributed by atoms with Gasteiger partial charge in [-0.2, -0.15) is 0 Å². The first-order chi connectivity index (χ1) is 14.7. The van der Waals surface area contributed by atoms with Crippen LogP contribution in [0, 0.1) is 0 Å². The highest BCUT2D eigenvalue weighted by atomic mass is 16.5. The maximum atomic E-state index is 12.0. The third kappa shape index (κ3) is 4.86. The molecule has 3 aromatic rings. The Balaban J connectivity index is 1.37. The van der Waals surface area contributed by atoms with E-state index in [1.165, 1.54) is 0 Å². The van der Waals surface area contributed by atoms with E-state index in [9.17, 15) is 4.79 Å². The zero-order valence-electron chi connectivity index (χ0n) is 17.0. The number of urea groups is 1. The van der Waals surface area contributed by atoms with E-state index in [-0.39, 0.29) is 6.03 Å². The average molecular weight is 403 g/mol. The molecule has 30 heavy (non-hydrogen) atoms. The first-order valence-electron chi connectivity index (χ1n) is 10.1. The van der Waals surface area contributed by atoms with Crippen molar-refractivity contribution in [1.82, 2.24) is 20.2 Å². The third-order valence-corrected chi connectivity index (χ3v) is 4.88. The maximum Gasteiger partial charge on any atom is 0.317 e. The van der Waals surface area contributed by atoms with Gasteiger partial charge >= 0.3 is 6.03 Å². The molecule has 2 heterocycles. The van der Waals surface area contributed by atoms with E-state index in [0.717, 1.165) is 34.7 Å². The molecule has 7 nitrogen and oxygen atoms in total. The van der Waals surface area contributed by atoms with Crippen molar-refractivity contribution >= 4 is 12.0 Å². The van der Waals surface area contributed by atoms with E-state index < -0.39 is 0 Å². The Morgan fingerprint density at radius 2 is 1.97 bits per heavy atom. The first-order valence-corrected chi connectivity index (χ1v) is 10.1. The molecule has 0 bridgehead atoms. The molecule has 0 radical (unpaired) electrons. The number of para-hydroxylation sites is 1. The Morgan fingerprint density at radius 3 is 2.80 bits per heavy atom. The van der Waals surface area contributed by atoms with Crippen molar-refractivity contribution < 1.29 is 9.53 Å². The minimum Gasteiger partial charge on any atom is -0.457 e. The molecule has 1 aromatic heterocycles. The van der Waals surface area contributed by atoms with Gasteiger partial charge in [0.2, 0.25) is 5.95 Å². The number of anilines is 1. The summed E-state index contributed by atoms with van der Waals surface area (Å²) in [6.45, 7) is 4.34. The Hall–Kier alpha value is -3.61. The molecule has 0 fully saturated rings. The molecule has 1 aliphatic heterocycles.